The molecule has 3 aromatic rings. The van der Waals surface area contributed by atoms with Crippen LogP contribution in [0.15, 0.2) is 60.1 Å². The lowest BCUT2D eigenvalue weighted by atomic mass is 9.99. The van der Waals surface area contributed by atoms with Crippen molar-refractivity contribution in [1.29, 1.82) is 0 Å². The molecule has 6 nitrogen and oxygen atoms in total. The van der Waals surface area contributed by atoms with Gasteiger partial charge in [0.25, 0.3) is 5.91 Å². The van der Waals surface area contributed by atoms with Gasteiger partial charge in [-0.05, 0) is 62.1 Å². The molecule has 2 aliphatic rings. The van der Waals surface area contributed by atoms with Crippen LogP contribution in [0.5, 0.6) is 0 Å². The van der Waals surface area contributed by atoms with Crippen LogP contribution in [0.4, 0.5) is 11.4 Å². The van der Waals surface area contributed by atoms with Crippen molar-refractivity contribution in [3.05, 3.63) is 65.7 Å². The topological polar surface area (TPSA) is 72.5 Å². The normalized spacial score (nSPS) is 20.2. The molecule has 1 unspecified atom stereocenters. The van der Waals surface area contributed by atoms with E-state index in [-0.39, 0.29) is 17.7 Å². The maximum absolute atomic E-state index is 12.9. The summed E-state index contributed by atoms with van der Waals surface area (Å²) in [6.45, 7) is 4.01. The average Bonchev–Trinajstić information content (AvgIpc) is 3.32. The fraction of sp³-hybridized carbons (Fsp3) is 0.304. The predicted octanol–water partition coefficient (Wildman–Crippen LogP) is 4.47. The predicted molar refractivity (Wildman–Crippen MR) is 114 cm³/mol. The number of fused-ring (bicyclic) bond motifs is 1. The summed E-state index contributed by atoms with van der Waals surface area (Å²) in [5.41, 5.74) is 5.32. The zero-order chi connectivity index (χ0) is 20.0. The second kappa shape index (κ2) is 6.95. The van der Waals surface area contributed by atoms with Crippen LogP contribution in [0.1, 0.15) is 37.8 Å². The number of carbonyl (C=O) groups excluding carboxylic acids is 1. The highest BCUT2D eigenvalue weighted by Gasteiger charge is 2.39. The molecule has 6 heteroatoms. The number of aromatic nitrogens is 2. The van der Waals surface area contributed by atoms with E-state index in [1.54, 1.807) is 11.2 Å². The van der Waals surface area contributed by atoms with Crippen molar-refractivity contribution in [2.45, 2.75) is 32.2 Å². The van der Waals surface area contributed by atoms with Gasteiger partial charge in [0.2, 0.25) is 0 Å². The zero-order valence-electron chi connectivity index (χ0n) is 16.4. The van der Waals surface area contributed by atoms with Gasteiger partial charge in [0.1, 0.15) is 0 Å². The molecule has 0 spiro atoms. The van der Waals surface area contributed by atoms with Crippen LogP contribution in [-0.2, 0) is 4.79 Å². The second-order valence-electron chi connectivity index (χ2n) is 7.85. The highest BCUT2D eigenvalue weighted by atomic mass is 16.3. The monoisotopic (exact) mass is 388 g/mol. The largest absolute Gasteiger partial charge is 0.503 e. The molecule has 2 aromatic carbocycles. The summed E-state index contributed by atoms with van der Waals surface area (Å²) >= 11 is 0. The molecule has 1 amide bonds. The van der Waals surface area contributed by atoms with Crippen molar-refractivity contribution in [2.75, 3.05) is 22.9 Å². The lowest BCUT2D eigenvalue weighted by Crippen LogP contribution is -2.30. The zero-order valence-corrected chi connectivity index (χ0v) is 16.4. The van der Waals surface area contributed by atoms with E-state index in [2.05, 4.69) is 39.1 Å². The molecule has 0 aliphatic carbocycles. The Balaban J connectivity index is 1.51. The molecule has 0 bridgehead atoms. The molecule has 1 fully saturated rings. The molecule has 1 saturated heterocycles. The van der Waals surface area contributed by atoms with Gasteiger partial charge in [0.15, 0.2) is 5.76 Å². The maximum Gasteiger partial charge on any atom is 0.293 e. The van der Waals surface area contributed by atoms with Gasteiger partial charge in [-0.2, -0.15) is 0 Å². The second-order valence-corrected chi connectivity index (χ2v) is 7.85. The summed E-state index contributed by atoms with van der Waals surface area (Å²) < 4.78 is 0. The number of amides is 1. The van der Waals surface area contributed by atoms with E-state index in [1.165, 1.54) is 24.9 Å². The number of aliphatic hydroxyl groups excluding tert-OH is 1. The summed E-state index contributed by atoms with van der Waals surface area (Å²) in [7, 11) is 0. The molecule has 1 atom stereocenters. The van der Waals surface area contributed by atoms with Gasteiger partial charge in [0.05, 0.1) is 23.4 Å². The minimum Gasteiger partial charge on any atom is -0.503 e. The van der Waals surface area contributed by atoms with Crippen LogP contribution in [0.25, 0.3) is 11.0 Å². The van der Waals surface area contributed by atoms with Gasteiger partial charge < -0.3 is 15.0 Å². The van der Waals surface area contributed by atoms with Crippen LogP contribution in [-0.4, -0.2) is 34.1 Å². The number of H-pyrrole nitrogens is 1. The number of anilines is 2. The smallest absolute Gasteiger partial charge is 0.293 e. The molecule has 1 aromatic heterocycles. The van der Waals surface area contributed by atoms with Gasteiger partial charge in [-0.3, -0.25) is 9.69 Å². The molecular formula is C23H24N4O2. The fourth-order valence-corrected chi connectivity index (χ4v) is 4.48. The molecule has 2 N–H and O–H groups in total. The number of nitrogens with one attached hydrogen (secondary N) is 1. The Labute approximate surface area is 169 Å². The number of rotatable bonds is 3. The molecule has 5 rings (SSSR count). The molecule has 29 heavy (non-hydrogen) atoms. The third kappa shape index (κ3) is 2.95. The Kier molecular flexibility index (Phi) is 4.27. The van der Waals surface area contributed by atoms with Crippen LogP contribution in [0, 0.1) is 0 Å². The van der Waals surface area contributed by atoms with E-state index in [1.807, 2.05) is 25.1 Å². The lowest BCUT2D eigenvalue weighted by molar-refractivity contribution is -0.117. The third-order valence-electron chi connectivity index (χ3n) is 6.08. The van der Waals surface area contributed by atoms with Gasteiger partial charge in [-0.1, -0.05) is 12.1 Å². The standard InChI is InChI=1S/C23H24N4O2/c1-15-21(16-5-7-17(8-6-16)26-11-3-2-4-12-26)27(23(29)22(15)28)18-9-10-19-20(13-18)25-14-24-19/h5-10,13-14,21,28H,2-4,11-12H2,1H3,(H,24,25). The van der Waals surface area contributed by atoms with Gasteiger partial charge in [-0.15, -0.1) is 0 Å². The van der Waals surface area contributed by atoms with Crippen molar-refractivity contribution in [1.82, 2.24) is 9.97 Å². The minimum atomic E-state index is -0.369. The van der Waals surface area contributed by atoms with E-state index in [4.69, 9.17) is 0 Å². The summed E-state index contributed by atoms with van der Waals surface area (Å²) in [6, 6.07) is 13.8. The highest BCUT2D eigenvalue weighted by Crippen LogP contribution is 2.41. The Bertz CT molecular complexity index is 1090. The first kappa shape index (κ1) is 17.8. The first-order valence-corrected chi connectivity index (χ1v) is 10.1. The number of aliphatic hydroxyl groups is 1. The number of hydrogen-bond acceptors (Lipinski definition) is 4. The van der Waals surface area contributed by atoms with Crippen molar-refractivity contribution in [2.24, 2.45) is 0 Å². The van der Waals surface area contributed by atoms with E-state index in [0.717, 1.165) is 35.4 Å². The maximum atomic E-state index is 12.9. The van der Waals surface area contributed by atoms with Gasteiger partial charge >= 0.3 is 0 Å². The van der Waals surface area contributed by atoms with Crippen LogP contribution in [0.3, 0.4) is 0 Å². The Morgan fingerprint density at radius 2 is 1.76 bits per heavy atom. The number of carbonyl (C=O) groups is 1. The fourth-order valence-electron chi connectivity index (χ4n) is 4.48. The molecule has 0 saturated carbocycles. The van der Waals surface area contributed by atoms with E-state index >= 15 is 0 Å². The number of benzene rings is 2. The Morgan fingerprint density at radius 3 is 2.52 bits per heavy atom. The summed E-state index contributed by atoms with van der Waals surface area (Å²) in [6.07, 6.45) is 5.41. The highest BCUT2D eigenvalue weighted by molar-refractivity contribution is 6.09. The van der Waals surface area contributed by atoms with Gasteiger partial charge in [-0.25, -0.2) is 4.98 Å². The number of imidazole rings is 1. The number of nitrogens with zero attached hydrogens (tertiary/aromatic N) is 3. The van der Waals surface area contributed by atoms with Gasteiger partial charge in [0, 0.05) is 30.0 Å². The first-order valence-electron chi connectivity index (χ1n) is 10.1. The van der Waals surface area contributed by atoms with Crippen molar-refractivity contribution >= 4 is 28.3 Å². The Morgan fingerprint density at radius 1 is 1.03 bits per heavy atom. The van der Waals surface area contributed by atoms with Crippen molar-refractivity contribution in [3.8, 4) is 0 Å². The van der Waals surface area contributed by atoms with E-state index in [0.29, 0.717) is 5.57 Å². The lowest BCUT2D eigenvalue weighted by Gasteiger charge is -2.30. The molecule has 0 radical (unpaired) electrons. The quantitative estimate of drug-likeness (QED) is 0.694. The van der Waals surface area contributed by atoms with E-state index < -0.39 is 0 Å². The summed E-state index contributed by atoms with van der Waals surface area (Å²) in [5.74, 6) is -0.536. The van der Waals surface area contributed by atoms with Crippen LogP contribution in [0.2, 0.25) is 0 Å². The average molecular weight is 388 g/mol. The first-order chi connectivity index (χ1) is 14.1. The molecule has 2 aliphatic heterocycles. The van der Waals surface area contributed by atoms with Crippen molar-refractivity contribution in [3.63, 3.8) is 0 Å². The minimum absolute atomic E-state index is 0.167. The van der Waals surface area contributed by atoms with Crippen LogP contribution >= 0.6 is 0 Å². The SMILES string of the molecule is CC1=C(O)C(=O)N(c2ccc3nc[nH]c3c2)C1c1ccc(N2CCCCC2)cc1. The van der Waals surface area contributed by atoms with Crippen molar-refractivity contribution < 1.29 is 9.90 Å². The van der Waals surface area contributed by atoms with E-state index in [9.17, 15) is 9.90 Å². The number of aromatic amines is 1. The molecule has 148 valence electrons. The molecule has 3 heterocycles. The Hall–Kier alpha value is -3.28. The summed E-state index contributed by atoms with van der Waals surface area (Å²) in [5, 5.41) is 10.4. The van der Waals surface area contributed by atoms with Crippen LogP contribution < -0.4 is 9.80 Å². The number of piperidine rings is 1. The number of hydrogen-bond donors (Lipinski definition) is 2. The summed E-state index contributed by atoms with van der Waals surface area (Å²) in [4.78, 5) is 24.3. The third-order valence-corrected chi connectivity index (χ3v) is 6.08. The molecular weight excluding hydrogens is 364 g/mol.